The van der Waals surface area contributed by atoms with Gasteiger partial charge in [-0.05, 0) is 60.9 Å². The molecule has 0 aliphatic carbocycles. The van der Waals surface area contributed by atoms with Crippen molar-refractivity contribution in [3.05, 3.63) is 65.2 Å². The van der Waals surface area contributed by atoms with Gasteiger partial charge in [-0.15, -0.1) is 0 Å². The van der Waals surface area contributed by atoms with Crippen LogP contribution in [0.1, 0.15) is 37.0 Å². The number of hydrogen-bond acceptors (Lipinski definition) is 3. The van der Waals surface area contributed by atoms with Crippen molar-refractivity contribution >= 4 is 15.7 Å². The van der Waals surface area contributed by atoms with E-state index in [4.69, 9.17) is 0 Å². The zero-order valence-electron chi connectivity index (χ0n) is 17.4. The maximum Gasteiger partial charge on any atom is 0.229 e. The molecular weight excluding hydrogens is 368 g/mol. The first-order chi connectivity index (χ1) is 13.2. The molecule has 2 atom stereocenters. The molecule has 0 unspecified atom stereocenters. The van der Waals surface area contributed by atoms with Gasteiger partial charge in [0.25, 0.3) is 0 Å². The average molecular weight is 401 g/mol. The lowest BCUT2D eigenvalue weighted by atomic mass is 9.68. The predicted octanol–water partition coefficient (Wildman–Crippen LogP) is 4.21. The summed E-state index contributed by atoms with van der Waals surface area (Å²) in [5.41, 5.74) is 4.64. The lowest BCUT2D eigenvalue weighted by Gasteiger charge is -2.45. The molecule has 28 heavy (non-hydrogen) atoms. The van der Waals surface area contributed by atoms with Crippen molar-refractivity contribution in [1.29, 1.82) is 0 Å². The second-order valence-corrected chi connectivity index (χ2v) is 10.3. The van der Waals surface area contributed by atoms with Gasteiger partial charge in [-0.1, -0.05) is 55.8 Å². The van der Waals surface area contributed by atoms with E-state index in [2.05, 4.69) is 60.7 Å². The first kappa shape index (κ1) is 20.9. The summed E-state index contributed by atoms with van der Waals surface area (Å²) in [5.74, 6) is 0.493. The summed E-state index contributed by atoms with van der Waals surface area (Å²) in [6.07, 6.45) is 3.35. The number of nitrogens with one attached hydrogen (secondary N) is 1. The molecule has 3 rings (SSSR count). The van der Waals surface area contributed by atoms with E-state index in [1.165, 1.54) is 22.9 Å². The highest BCUT2D eigenvalue weighted by molar-refractivity contribution is 7.92. The minimum absolute atomic E-state index is 0.0506. The zero-order chi connectivity index (χ0) is 20.4. The Morgan fingerprint density at radius 1 is 1.18 bits per heavy atom. The van der Waals surface area contributed by atoms with Crippen molar-refractivity contribution in [2.24, 2.45) is 5.92 Å². The van der Waals surface area contributed by atoms with E-state index in [0.29, 0.717) is 11.6 Å². The standard InChI is InChI=1S/C23H32N2O2S/c1-18-7-5-8-20(15-18)11-13-25-14-12-23(3,19(2)17-25)21-9-6-10-22(16-21)24-28(4,26)27/h5-10,15-16,19,24H,11-14,17H2,1-4H3/t19-,23+/m1/s1. The van der Waals surface area contributed by atoms with E-state index in [-0.39, 0.29) is 5.41 Å². The first-order valence-corrected chi connectivity index (χ1v) is 11.9. The van der Waals surface area contributed by atoms with Gasteiger partial charge in [0.05, 0.1) is 6.26 Å². The number of aryl methyl sites for hydroxylation is 1. The molecule has 1 N–H and O–H groups in total. The van der Waals surface area contributed by atoms with Crippen LogP contribution in [0.5, 0.6) is 0 Å². The zero-order valence-corrected chi connectivity index (χ0v) is 18.2. The number of benzene rings is 2. The van der Waals surface area contributed by atoms with Gasteiger partial charge in [-0.2, -0.15) is 0 Å². The average Bonchev–Trinajstić information content (AvgIpc) is 2.62. The highest BCUT2D eigenvalue weighted by Crippen LogP contribution is 2.40. The van der Waals surface area contributed by atoms with Crippen LogP contribution in [0.2, 0.25) is 0 Å². The minimum Gasteiger partial charge on any atom is -0.303 e. The largest absolute Gasteiger partial charge is 0.303 e. The van der Waals surface area contributed by atoms with Crippen LogP contribution in [-0.2, 0) is 21.9 Å². The number of hydrogen-bond donors (Lipinski definition) is 1. The molecule has 0 spiro atoms. The summed E-state index contributed by atoms with van der Waals surface area (Å²) in [7, 11) is -3.26. The van der Waals surface area contributed by atoms with Crippen LogP contribution >= 0.6 is 0 Å². The molecule has 1 saturated heterocycles. The molecule has 0 amide bonds. The lowest BCUT2D eigenvalue weighted by molar-refractivity contribution is 0.112. The Kier molecular flexibility index (Phi) is 6.15. The van der Waals surface area contributed by atoms with Crippen LogP contribution in [0.25, 0.3) is 0 Å². The number of anilines is 1. The molecule has 4 nitrogen and oxygen atoms in total. The summed E-state index contributed by atoms with van der Waals surface area (Å²) in [5, 5.41) is 0. The lowest BCUT2D eigenvalue weighted by Crippen LogP contribution is -2.47. The molecule has 0 aromatic heterocycles. The maximum atomic E-state index is 11.6. The number of nitrogens with zero attached hydrogens (tertiary/aromatic N) is 1. The summed E-state index contributed by atoms with van der Waals surface area (Å²) in [4.78, 5) is 2.56. The summed E-state index contributed by atoms with van der Waals surface area (Å²) in [6, 6.07) is 16.7. The predicted molar refractivity (Wildman–Crippen MR) is 117 cm³/mol. The fourth-order valence-electron chi connectivity index (χ4n) is 4.26. The van der Waals surface area contributed by atoms with Crippen LogP contribution in [0.15, 0.2) is 48.5 Å². The molecule has 1 fully saturated rings. The molecule has 2 aromatic carbocycles. The van der Waals surface area contributed by atoms with Gasteiger partial charge in [0, 0.05) is 18.8 Å². The van der Waals surface area contributed by atoms with Crippen molar-refractivity contribution in [3.63, 3.8) is 0 Å². The molecule has 1 aliphatic rings. The maximum absolute atomic E-state index is 11.6. The number of sulfonamides is 1. The van der Waals surface area contributed by atoms with E-state index in [9.17, 15) is 8.42 Å². The third kappa shape index (κ3) is 5.15. The van der Waals surface area contributed by atoms with Gasteiger partial charge in [-0.3, -0.25) is 4.72 Å². The van der Waals surface area contributed by atoms with E-state index in [0.717, 1.165) is 32.5 Å². The third-order valence-electron chi connectivity index (χ3n) is 6.19. The molecule has 1 aliphatic heterocycles. The van der Waals surface area contributed by atoms with Gasteiger partial charge in [0.2, 0.25) is 10.0 Å². The number of rotatable bonds is 6. The smallest absolute Gasteiger partial charge is 0.229 e. The van der Waals surface area contributed by atoms with Gasteiger partial charge in [0.15, 0.2) is 0 Å². The Balaban J connectivity index is 1.66. The van der Waals surface area contributed by atoms with E-state index in [1.54, 1.807) is 0 Å². The quantitative estimate of drug-likeness (QED) is 0.790. The van der Waals surface area contributed by atoms with Crippen LogP contribution in [0, 0.1) is 12.8 Å². The Morgan fingerprint density at radius 3 is 2.61 bits per heavy atom. The summed E-state index contributed by atoms with van der Waals surface area (Å²) >= 11 is 0. The van der Waals surface area contributed by atoms with Crippen molar-refractivity contribution in [2.45, 2.75) is 39.0 Å². The van der Waals surface area contributed by atoms with Crippen molar-refractivity contribution in [2.75, 3.05) is 30.6 Å². The molecule has 1 heterocycles. The van der Waals surface area contributed by atoms with Crippen LogP contribution in [0.4, 0.5) is 5.69 Å². The van der Waals surface area contributed by atoms with Crippen LogP contribution in [0.3, 0.4) is 0 Å². The van der Waals surface area contributed by atoms with Gasteiger partial charge >= 0.3 is 0 Å². The van der Waals surface area contributed by atoms with Crippen molar-refractivity contribution < 1.29 is 8.42 Å². The third-order valence-corrected chi connectivity index (χ3v) is 6.80. The van der Waals surface area contributed by atoms with Gasteiger partial charge in [-0.25, -0.2) is 8.42 Å². The molecule has 152 valence electrons. The number of likely N-dealkylation sites (tertiary alicyclic amines) is 1. The highest BCUT2D eigenvalue weighted by Gasteiger charge is 2.37. The second-order valence-electron chi connectivity index (χ2n) is 8.56. The minimum atomic E-state index is -3.26. The Bertz CT molecular complexity index is 926. The Hall–Kier alpha value is -1.85. The summed E-state index contributed by atoms with van der Waals surface area (Å²) < 4.78 is 25.7. The number of piperidine rings is 1. The van der Waals surface area contributed by atoms with E-state index < -0.39 is 10.0 Å². The fourth-order valence-corrected chi connectivity index (χ4v) is 4.81. The Labute approximate surface area is 170 Å². The van der Waals surface area contributed by atoms with Crippen LogP contribution < -0.4 is 4.72 Å². The molecule has 5 heteroatoms. The SMILES string of the molecule is Cc1cccc(CCN2CC[C@](C)(c3cccc(NS(C)(=O)=O)c3)[C@H](C)C2)c1. The molecular formula is C23H32N2O2S. The molecule has 2 aromatic rings. The van der Waals surface area contributed by atoms with E-state index in [1.807, 2.05) is 18.2 Å². The monoisotopic (exact) mass is 400 g/mol. The molecule has 0 saturated carbocycles. The van der Waals surface area contributed by atoms with Gasteiger partial charge in [0.1, 0.15) is 0 Å². The van der Waals surface area contributed by atoms with Crippen molar-refractivity contribution in [3.8, 4) is 0 Å². The topological polar surface area (TPSA) is 49.4 Å². The molecule has 0 radical (unpaired) electrons. The highest BCUT2D eigenvalue weighted by atomic mass is 32.2. The van der Waals surface area contributed by atoms with Gasteiger partial charge < -0.3 is 4.90 Å². The molecule has 0 bridgehead atoms. The van der Waals surface area contributed by atoms with Crippen molar-refractivity contribution in [1.82, 2.24) is 4.90 Å². The van der Waals surface area contributed by atoms with Crippen LogP contribution in [-0.4, -0.2) is 39.2 Å². The normalized spacial score (nSPS) is 23.5. The second kappa shape index (κ2) is 8.26. The first-order valence-electron chi connectivity index (χ1n) is 10.0. The van der Waals surface area contributed by atoms with E-state index >= 15 is 0 Å². The fraction of sp³-hybridized carbons (Fsp3) is 0.478. The summed E-state index contributed by atoms with van der Waals surface area (Å²) in [6.45, 7) is 9.98. The Morgan fingerprint density at radius 2 is 1.93 bits per heavy atom.